The van der Waals surface area contributed by atoms with Gasteiger partial charge in [-0.15, -0.1) is 0 Å². The first-order valence-electron chi connectivity index (χ1n) is 24.5. The first-order chi connectivity index (χ1) is 33.2. The van der Waals surface area contributed by atoms with Gasteiger partial charge in [0.1, 0.15) is 0 Å². The molecule has 0 radical (unpaired) electrons. The molecule has 0 aliphatic heterocycles. The van der Waals surface area contributed by atoms with E-state index in [-0.39, 0.29) is 24.0 Å². The minimum atomic E-state index is -0.502. The zero-order chi connectivity index (χ0) is 48.0. The number of hydrogen-bond donors (Lipinski definition) is 0. The zero-order valence-corrected chi connectivity index (χ0v) is 40.6. The summed E-state index contributed by atoms with van der Waals surface area (Å²) in [6.07, 6.45) is 5.13. The minimum absolute atomic E-state index is 0.0319. The Morgan fingerprint density at radius 3 is 1.17 bits per heavy atom. The fourth-order valence-electron chi connectivity index (χ4n) is 11.7. The zero-order valence-electron chi connectivity index (χ0n) is 40.6. The lowest BCUT2D eigenvalue weighted by Crippen LogP contribution is -2.27. The molecule has 11 rings (SSSR count). The van der Waals surface area contributed by atoms with E-state index >= 15 is 0 Å². The summed E-state index contributed by atoms with van der Waals surface area (Å²) in [4.78, 5) is 24.8. The number of fused-ring (bicyclic) bond motifs is 3. The largest absolute Gasteiger partial charge is 0.463 e. The van der Waals surface area contributed by atoms with Crippen LogP contribution in [0.15, 0.2) is 159 Å². The predicted octanol–water partition coefficient (Wildman–Crippen LogP) is 16.7. The van der Waals surface area contributed by atoms with Gasteiger partial charge in [-0.05, 0) is 169 Å². The van der Waals surface area contributed by atoms with E-state index in [4.69, 9.17) is 9.47 Å². The van der Waals surface area contributed by atoms with Crippen molar-refractivity contribution in [2.75, 3.05) is 13.2 Å². The molecule has 0 fully saturated rings. The molecule has 0 N–H and O–H groups in total. The molecule has 0 bridgehead atoms. The van der Waals surface area contributed by atoms with Crippen LogP contribution in [0.5, 0.6) is 0 Å². The van der Waals surface area contributed by atoms with E-state index in [0.29, 0.717) is 25.7 Å². The Bertz CT molecular complexity index is 3440. The van der Waals surface area contributed by atoms with E-state index in [9.17, 15) is 9.59 Å². The predicted molar refractivity (Wildman–Crippen MR) is 289 cm³/mol. The maximum Gasteiger partial charge on any atom is 0.330 e. The van der Waals surface area contributed by atoms with Gasteiger partial charge < -0.3 is 9.47 Å². The van der Waals surface area contributed by atoms with Crippen LogP contribution in [0.4, 0.5) is 0 Å². The molecule has 0 spiro atoms. The molecule has 69 heavy (non-hydrogen) atoms. The molecule has 4 nitrogen and oxygen atoms in total. The van der Waals surface area contributed by atoms with Crippen LogP contribution in [0, 0.1) is 0 Å². The molecule has 0 unspecified atom stereocenters. The quantitative estimate of drug-likeness (QED) is 0.0530. The average Bonchev–Trinajstić information content (AvgIpc) is 3.61. The van der Waals surface area contributed by atoms with Crippen LogP contribution in [-0.2, 0) is 35.3 Å². The summed E-state index contributed by atoms with van der Waals surface area (Å²) in [5, 5.41) is 15.2. The summed E-state index contributed by atoms with van der Waals surface area (Å²) < 4.78 is 11.3. The molecule has 0 aromatic heterocycles. The lowest BCUT2D eigenvalue weighted by molar-refractivity contribution is -0.138. The van der Waals surface area contributed by atoms with Crippen molar-refractivity contribution in [2.45, 2.75) is 83.5 Å². The molecular weight excluding hydrogens is 845 g/mol. The van der Waals surface area contributed by atoms with Crippen LogP contribution in [0.2, 0.25) is 0 Å². The smallest absolute Gasteiger partial charge is 0.330 e. The highest BCUT2D eigenvalue weighted by Gasteiger charge is 2.43. The van der Waals surface area contributed by atoms with Crippen molar-refractivity contribution < 1.29 is 19.1 Å². The fraction of sp³-hybridized carbons (Fsp3) is 0.231. The van der Waals surface area contributed by atoms with E-state index in [1.165, 1.54) is 121 Å². The first kappa shape index (κ1) is 44.2. The highest BCUT2D eigenvalue weighted by Crippen LogP contribution is 2.56. The van der Waals surface area contributed by atoms with E-state index in [1.54, 1.807) is 0 Å². The summed E-state index contributed by atoms with van der Waals surface area (Å²) in [7, 11) is 0. The molecule has 342 valence electrons. The third-order valence-corrected chi connectivity index (χ3v) is 15.2. The second kappa shape index (κ2) is 16.4. The Hall–Kier alpha value is -7.30. The van der Waals surface area contributed by atoms with Crippen molar-refractivity contribution in [1.29, 1.82) is 0 Å². The number of hydrogen-bond acceptors (Lipinski definition) is 4. The van der Waals surface area contributed by atoms with E-state index in [0.717, 1.165) is 11.1 Å². The molecule has 10 aromatic carbocycles. The van der Waals surface area contributed by atoms with Crippen molar-refractivity contribution in [3.05, 3.63) is 181 Å². The first-order valence-corrected chi connectivity index (χ1v) is 24.5. The summed E-state index contributed by atoms with van der Waals surface area (Å²) in [6, 6.07) is 51.0. The van der Waals surface area contributed by atoms with Crippen molar-refractivity contribution in [3.63, 3.8) is 0 Å². The number of benzene rings is 10. The number of rotatable bonds is 12. The second-order valence-electron chi connectivity index (χ2n) is 21.4. The van der Waals surface area contributed by atoms with Gasteiger partial charge in [0.2, 0.25) is 0 Å². The van der Waals surface area contributed by atoms with Gasteiger partial charge in [-0.2, -0.15) is 0 Å². The lowest BCUT2D eigenvalue weighted by atomic mass is 9.70. The molecule has 0 amide bonds. The van der Waals surface area contributed by atoms with Crippen molar-refractivity contribution >= 4 is 76.6 Å². The lowest BCUT2D eigenvalue weighted by Gasteiger charge is -2.33. The summed E-state index contributed by atoms with van der Waals surface area (Å²) in [5.74, 6) is -0.853. The van der Waals surface area contributed by atoms with Gasteiger partial charge in [-0.3, -0.25) is 0 Å². The van der Waals surface area contributed by atoms with Crippen LogP contribution in [0.1, 0.15) is 89.5 Å². The molecule has 10 aromatic rings. The van der Waals surface area contributed by atoms with Gasteiger partial charge in [0.05, 0.1) is 13.2 Å². The van der Waals surface area contributed by atoms with Gasteiger partial charge in [0, 0.05) is 17.6 Å². The summed E-state index contributed by atoms with van der Waals surface area (Å²) in [6.45, 7) is 21.5. The highest BCUT2D eigenvalue weighted by atomic mass is 16.5. The number of esters is 2. The average molecular weight is 903 g/mol. The van der Waals surface area contributed by atoms with Gasteiger partial charge >= 0.3 is 11.9 Å². The summed E-state index contributed by atoms with van der Waals surface area (Å²) >= 11 is 0. The van der Waals surface area contributed by atoms with E-state index < -0.39 is 17.4 Å². The van der Waals surface area contributed by atoms with Crippen LogP contribution in [0.3, 0.4) is 0 Å². The van der Waals surface area contributed by atoms with E-state index in [2.05, 4.69) is 188 Å². The number of ether oxygens (including phenoxy) is 2. The fourth-order valence-corrected chi connectivity index (χ4v) is 11.7. The third-order valence-electron chi connectivity index (χ3n) is 15.2. The van der Waals surface area contributed by atoms with Crippen molar-refractivity contribution in [3.8, 4) is 33.4 Å². The third kappa shape index (κ3) is 7.35. The Labute approximate surface area is 404 Å². The second-order valence-corrected chi connectivity index (χ2v) is 21.4. The van der Waals surface area contributed by atoms with Crippen molar-refractivity contribution in [1.82, 2.24) is 0 Å². The molecule has 0 atom stereocenters. The Balaban J connectivity index is 1.09. The highest BCUT2D eigenvalue weighted by molar-refractivity contribution is 6.27. The SMILES string of the molecule is C=CC(=O)OCCCC1(CCCOC(=O)C=C)c2cc(-c3ccc4ccc5cc(C(C)(C)C)cc6ccc3c4c56)ccc2-c2ccc(-c3ccc4ccc5cc(C(C)(C)C)cc6ccc3c4c56)cc21. The van der Waals surface area contributed by atoms with Crippen LogP contribution >= 0.6 is 0 Å². The number of carbonyl (C=O) groups is 2. The Morgan fingerprint density at radius 1 is 0.449 bits per heavy atom. The maximum atomic E-state index is 12.4. The Morgan fingerprint density at radius 2 is 0.797 bits per heavy atom. The minimum Gasteiger partial charge on any atom is -0.463 e. The molecule has 0 saturated carbocycles. The molecule has 0 heterocycles. The van der Waals surface area contributed by atoms with Crippen molar-refractivity contribution in [2.24, 2.45) is 0 Å². The van der Waals surface area contributed by atoms with E-state index in [1.807, 2.05) is 0 Å². The molecule has 0 saturated heterocycles. The standard InChI is InChI=1S/C65H58O4/c1-9-57(66)68-31-11-29-65(30-12-32-69-58(67)10-2)55-37-41(49-23-17-39-13-15-43-33-47(63(3,4)5)35-45-21-27-53(49)61(39)59(43)45)19-25-51(55)52-26-20-42(38-56(52)65)50-24-18-40-14-16-44-34-48(64(6,7)8)36-46-22-28-54(50)62(40)60(44)46/h9-10,13-28,33-38H,1-2,11-12,29-32H2,3-8H3. The van der Waals surface area contributed by atoms with Crippen LogP contribution in [0.25, 0.3) is 98.0 Å². The van der Waals surface area contributed by atoms with Gasteiger partial charge in [0.15, 0.2) is 0 Å². The normalized spacial score (nSPS) is 13.5. The topological polar surface area (TPSA) is 52.6 Å². The molecule has 1 aliphatic rings. The number of carbonyl (C=O) groups excluding carboxylic acids is 2. The van der Waals surface area contributed by atoms with Crippen LogP contribution < -0.4 is 0 Å². The van der Waals surface area contributed by atoms with Gasteiger partial charge in [-0.25, -0.2) is 9.59 Å². The maximum absolute atomic E-state index is 12.4. The molecular formula is C65H58O4. The molecule has 4 heteroatoms. The van der Waals surface area contributed by atoms with Crippen LogP contribution in [-0.4, -0.2) is 25.2 Å². The van der Waals surface area contributed by atoms with Gasteiger partial charge in [0.25, 0.3) is 0 Å². The molecule has 1 aliphatic carbocycles. The van der Waals surface area contributed by atoms with Gasteiger partial charge in [-0.1, -0.05) is 176 Å². The monoisotopic (exact) mass is 902 g/mol. The summed E-state index contributed by atoms with van der Waals surface area (Å²) in [5.41, 5.74) is 11.8. The Kier molecular flexibility index (Phi) is 10.5.